The highest BCUT2D eigenvalue weighted by molar-refractivity contribution is 7.10. The molecule has 0 amide bonds. The zero-order chi connectivity index (χ0) is 20.1. The Balaban J connectivity index is 1.77. The van der Waals surface area contributed by atoms with Crippen LogP contribution in [-0.2, 0) is 0 Å². The van der Waals surface area contributed by atoms with Crippen LogP contribution in [-0.4, -0.2) is 28.5 Å². The van der Waals surface area contributed by atoms with Crippen molar-refractivity contribution in [3.8, 4) is 11.5 Å². The van der Waals surface area contributed by atoms with Gasteiger partial charge in [-0.05, 0) is 47.9 Å². The SMILES string of the molecule is NC(=NCCO)c1c(Nc2ccc(Oc3cc(Cl)ccc3Cl)cc2)s[nH]c1=O. The van der Waals surface area contributed by atoms with Crippen LogP contribution in [0.3, 0.4) is 0 Å². The van der Waals surface area contributed by atoms with Crippen molar-refractivity contribution in [3.05, 3.63) is 68.4 Å². The van der Waals surface area contributed by atoms with E-state index in [2.05, 4.69) is 14.7 Å². The van der Waals surface area contributed by atoms with E-state index in [1.807, 2.05) is 0 Å². The number of benzene rings is 2. The summed E-state index contributed by atoms with van der Waals surface area (Å²) in [5.41, 5.74) is 6.47. The van der Waals surface area contributed by atoms with Gasteiger partial charge in [-0.15, -0.1) is 0 Å². The average Bonchev–Trinajstić information content (AvgIpc) is 3.04. The Morgan fingerprint density at radius 3 is 2.71 bits per heavy atom. The van der Waals surface area contributed by atoms with Gasteiger partial charge < -0.3 is 20.9 Å². The zero-order valence-corrected chi connectivity index (χ0v) is 16.7. The number of hydrogen-bond donors (Lipinski definition) is 4. The Hall–Kier alpha value is -2.52. The summed E-state index contributed by atoms with van der Waals surface area (Å²) in [5.74, 6) is 1.09. The van der Waals surface area contributed by atoms with Gasteiger partial charge in [-0.25, -0.2) is 0 Å². The molecule has 146 valence electrons. The lowest BCUT2D eigenvalue weighted by Gasteiger charge is -2.10. The second-order valence-electron chi connectivity index (χ2n) is 5.55. The van der Waals surface area contributed by atoms with Gasteiger partial charge in [0.1, 0.15) is 27.9 Å². The molecule has 1 heterocycles. The molecule has 0 aliphatic heterocycles. The number of halogens is 2. The summed E-state index contributed by atoms with van der Waals surface area (Å²) >= 11 is 13.2. The second-order valence-corrected chi connectivity index (χ2v) is 7.21. The molecule has 3 aromatic rings. The number of nitrogens with zero attached hydrogens (tertiary/aromatic N) is 1. The van der Waals surface area contributed by atoms with E-state index in [1.54, 1.807) is 42.5 Å². The summed E-state index contributed by atoms with van der Waals surface area (Å²) in [6, 6.07) is 12.0. The molecule has 0 aliphatic rings. The van der Waals surface area contributed by atoms with Gasteiger partial charge >= 0.3 is 0 Å². The largest absolute Gasteiger partial charge is 0.456 e. The van der Waals surface area contributed by atoms with E-state index < -0.39 is 0 Å². The van der Waals surface area contributed by atoms with Gasteiger partial charge in [-0.2, -0.15) is 0 Å². The van der Waals surface area contributed by atoms with Crippen molar-refractivity contribution in [3.63, 3.8) is 0 Å². The molecule has 0 bridgehead atoms. The molecular weight excluding hydrogens is 423 g/mol. The number of aromatic nitrogens is 1. The number of ether oxygens (including phenoxy) is 1. The number of aromatic amines is 1. The third-order valence-electron chi connectivity index (χ3n) is 3.57. The molecule has 3 rings (SSSR count). The summed E-state index contributed by atoms with van der Waals surface area (Å²) in [4.78, 5) is 16.0. The van der Waals surface area contributed by atoms with Gasteiger partial charge in [0.05, 0.1) is 18.2 Å². The molecule has 0 radical (unpaired) electrons. The molecule has 7 nitrogen and oxygen atoms in total. The van der Waals surface area contributed by atoms with E-state index in [1.165, 1.54) is 0 Å². The summed E-state index contributed by atoms with van der Waals surface area (Å²) < 4.78 is 8.36. The Morgan fingerprint density at radius 2 is 2.00 bits per heavy atom. The minimum Gasteiger partial charge on any atom is -0.456 e. The van der Waals surface area contributed by atoms with Gasteiger partial charge in [0.25, 0.3) is 5.56 Å². The van der Waals surface area contributed by atoms with Gasteiger partial charge in [0.15, 0.2) is 0 Å². The molecule has 0 aliphatic carbocycles. The number of anilines is 2. The highest BCUT2D eigenvalue weighted by atomic mass is 35.5. The highest BCUT2D eigenvalue weighted by Crippen LogP contribution is 2.32. The van der Waals surface area contributed by atoms with Crippen LogP contribution in [0.2, 0.25) is 10.0 Å². The molecule has 5 N–H and O–H groups in total. The smallest absolute Gasteiger partial charge is 0.271 e. The number of aliphatic imine (C=N–C) groups is 1. The Kier molecular flexibility index (Phi) is 6.58. The van der Waals surface area contributed by atoms with Crippen molar-refractivity contribution >= 4 is 51.3 Å². The van der Waals surface area contributed by atoms with E-state index in [4.69, 9.17) is 38.8 Å². The maximum absolute atomic E-state index is 12.0. The van der Waals surface area contributed by atoms with E-state index in [0.29, 0.717) is 26.5 Å². The molecular formula is C18H16Cl2N4O3S. The molecule has 28 heavy (non-hydrogen) atoms. The van der Waals surface area contributed by atoms with Crippen molar-refractivity contribution in [2.45, 2.75) is 0 Å². The Labute approximate surface area is 174 Å². The fourth-order valence-corrected chi connectivity index (χ4v) is 3.38. The zero-order valence-electron chi connectivity index (χ0n) is 14.4. The van der Waals surface area contributed by atoms with Crippen molar-refractivity contribution < 1.29 is 9.84 Å². The van der Waals surface area contributed by atoms with Gasteiger partial charge in [-0.3, -0.25) is 14.2 Å². The summed E-state index contributed by atoms with van der Waals surface area (Å²) in [6.45, 7) is -0.0255. The quantitative estimate of drug-likeness (QED) is 0.329. The molecule has 0 spiro atoms. The number of hydrogen-bond acceptors (Lipinski definition) is 6. The number of rotatable bonds is 7. The topological polar surface area (TPSA) is 113 Å². The van der Waals surface area contributed by atoms with E-state index in [-0.39, 0.29) is 30.1 Å². The van der Waals surface area contributed by atoms with Crippen molar-refractivity contribution in [2.75, 3.05) is 18.5 Å². The maximum atomic E-state index is 12.0. The number of H-pyrrole nitrogens is 1. The van der Waals surface area contributed by atoms with Crippen LogP contribution >= 0.6 is 34.7 Å². The minimum atomic E-state index is -0.345. The summed E-state index contributed by atoms with van der Waals surface area (Å²) in [7, 11) is 0. The van der Waals surface area contributed by atoms with Crippen LogP contribution in [0.1, 0.15) is 5.56 Å². The molecule has 0 atom stereocenters. The number of amidine groups is 1. The molecule has 0 saturated carbocycles. The first-order valence-corrected chi connectivity index (χ1v) is 9.68. The predicted molar refractivity (Wildman–Crippen MR) is 114 cm³/mol. The normalized spacial score (nSPS) is 11.5. The third-order valence-corrected chi connectivity index (χ3v) is 4.92. The molecule has 0 fully saturated rings. The van der Waals surface area contributed by atoms with Gasteiger partial charge in [-0.1, -0.05) is 23.2 Å². The van der Waals surface area contributed by atoms with Crippen LogP contribution < -0.4 is 21.3 Å². The Morgan fingerprint density at radius 1 is 1.25 bits per heavy atom. The van der Waals surface area contributed by atoms with Crippen molar-refractivity contribution in [1.82, 2.24) is 4.37 Å². The van der Waals surface area contributed by atoms with Crippen molar-refractivity contribution in [2.24, 2.45) is 10.7 Å². The first-order chi connectivity index (χ1) is 13.5. The average molecular weight is 439 g/mol. The lowest BCUT2D eigenvalue weighted by Crippen LogP contribution is -2.22. The first kappa shape index (κ1) is 20.2. The van der Waals surface area contributed by atoms with E-state index in [9.17, 15) is 4.79 Å². The maximum Gasteiger partial charge on any atom is 0.271 e. The third kappa shape index (κ3) is 4.85. The van der Waals surface area contributed by atoms with Crippen LogP contribution in [0.4, 0.5) is 10.7 Å². The van der Waals surface area contributed by atoms with Crippen LogP contribution in [0, 0.1) is 0 Å². The number of nitrogens with two attached hydrogens (primary N) is 1. The minimum absolute atomic E-state index is 0.0644. The lowest BCUT2D eigenvalue weighted by atomic mass is 10.2. The molecule has 0 unspecified atom stereocenters. The monoisotopic (exact) mass is 438 g/mol. The molecule has 0 saturated heterocycles. The van der Waals surface area contributed by atoms with E-state index >= 15 is 0 Å². The summed E-state index contributed by atoms with van der Waals surface area (Å²) in [5, 5.41) is 13.5. The fourth-order valence-electron chi connectivity index (χ4n) is 2.29. The number of aliphatic hydroxyl groups excluding tert-OH is 1. The van der Waals surface area contributed by atoms with Crippen molar-refractivity contribution in [1.29, 1.82) is 0 Å². The number of aliphatic hydroxyl groups is 1. The van der Waals surface area contributed by atoms with Crippen LogP contribution in [0.25, 0.3) is 0 Å². The first-order valence-electron chi connectivity index (χ1n) is 8.10. The summed E-state index contributed by atoms with van der Waals surface area (Å²) in [6.07, 6.45) is 0. The molecule has 1 aromatic heterocycles. The standard InChI is InChI=1S/C18H16Cl2N4O3S/c19-10-1-6-13(20)14(9-10)27-12-4-2-11(3-5-12)23-18-15(17(26)24-28-18)16(21)22-7-8-25/h1-6,9,23,25H,7-8H2,(H2,21,22)(H,24,26). The molecule has 10 heteroatoms. The Bertz CT molecular complexity index is 1050. The van der Waals surface area contributed by atoms with Crippen LogP contribution in [0.5, 0.6) is 11.5 Å². The predicted octanol–water partition coefficient (Wildman–Crippen LogP) is 3.98. The highest BCUT2D eigenvalue weighted by Gasteiger charge is 2.14. The van der Waals surface area contributed by atoms with Gasteiger partial charge in [0, 0.05) is 16.8 Å². The van der Waals surface area contributed by atoms with Gasteiger partial charge in [0.2, 0.25) is 0 Å². The van der Waals surface area contributed by atoms with E-state index in [0.717, 1.165) is 17.2 Å². The van der Waals surface area contributed by atoms with Crippen LogP contribution in [0.15, 0.2) is 52.3 Å². The lowest BCUT2D eigenvalue weighted by molar-refractivity contribution is 0.307. The second kappa shape index (κ2) is 9.11. The number of nitrogens with one attached hydrogen (secondary N) is 2. The fraction of sp³-hybridized carbons (Fsp3) is 0.111. The molecule has 2 aromatic carbocycles.